The Kier molecular flexibility index (Phi) is 7.97. The molecular formula is C14H23NO6S2. The van der Waals surface area contributed by atoms with Gasteiger partial charge in [-0.1, -0.05) is 12.8 Å². The van der Waals surface area contributed by atoms with E-state index in [4.69, 9.17) is 4.74 Å². The van der Waals surface area contributed by atoms with Crippen LogP contribution in [-0.2, 0) is 24.3 Å². The Morgan fingerprint density at radius 2 is 1.57 bits per heavy atom. The second kappa shape index (κ2) is 9.21. The van der Waals surface area contributed by atoms with Crippen molar-refractivity contribution in [1.29, 1.82) is 0 Å². The Balaban J connectivity index is 2.23. The maximum atomic E-state index is 12.0. The summed E-state index contributed by atoms with van der Waals surface area (Å²) in [6, 6.07) is 6.17. The predicted molar refractivity (Wildman–Crippen MR) is 87.4 cm³/mol. The lowest BCUT2D eigenvalue weighted by atomic mass is 10.2. The summed E-state index contributed by atoms with van der Waals surface area (Å²) in [5.41, 5.74) is 0. The minimum absolute atomic E-state index is 0.163. The predicted octanol–water partition coefficient (Wildman–Crippen LogP) is 1.51. The molecule has 1 aromatic rings. The molecule has 23 heavy (non-hydrogen) atoms. The van der Waals surface area contributed by atoms with E-state index in [1.54, 1.807) is 12.1 Å². The number of hydrogen-bond acceptors (Lipinski definition) is 6. The Labute approximate surface area is 138 Å². The van der Waals surface area contributed by atoms with E-state index < -0.39 is 20.1 Å². The molecule has 0 radical (unpaired) electrons. The number of unbranched alkanes of at least 4 members (excludes halogenated alkanes) is 3. The van der Waals surface area contributed by atoms with Gasteiger partial charge in [-0.2, -0.15) is 8.42 Å². The van der Waals surface area contributed by atoms with Gasteiger partial charge < -0.3 is 4.74 Å². The largest absolute Gasteiger partial charge is 0.497 e. The third-order valence-electron chi connectivity index (χ3n) is 3.03. The van der Waals surface area contributed by atoms with Crippen LogP contribution in [0.25, 0.3) is 0 Å². The highest BCUT2D eigenvalue weighted by Gasteiger charge is 2.12. The number of benzene rings is 1. The second-order valence-electron chi connectivity index (χ2n) is 5.01. The van der Waals surface area contributed by atoms with Crippen molar-refractivity contribution in [2.45, 2.75) is 30.6 Å². The van der Waals surface area contributed by atoms with Gasteiger partial charge in [-0.25, -0.2) is 13.1 Å². The molecule has 0 atom stereocenters. The summed E-state index contributed by atoms with van der Waals surface area (Å²) in [4.78, 5) is 0.194. The number of rotatable bonds is 11. The first kappa shape index (κ1) is 19.9. The van der Waals surface area contributed by atoms with Gasteiger partial charge in [-0.05, 0) is 37.1 Å². The molecule has 1 aromatic carbocycles. The zero-order valence-electron chi connectivity index (χ0n) is 13.3. The van der Waals surface area contributed by atoms with Crippen LogP contribution in [0, 0.1) is 0 Å². The average Bonchev–Trinajstić information content (AvgIpc) is 2.49. The fourth-order valence-electron chi connectivity index (χ4n) is 1.84. The van der Waals surface area contributed by atoms with Gasteiger partial charge in [0, 0.05) is 6.54 Å². The smallest absolute Gasteiger partial charge is 0.264 e. The Morgan fingerprint density at radius 3 is 2.13 bits per heavy atom. The SMILES string of the molecule is COc1ccc(S(=O)(=O)NCCCCCCOS(C)(=O)=O)cc1. The molecule has 0 aliphatic heterocycles. The van der Waals surface area contributed by atoms with Crippen LogP contribution in [0.1, 0.15) is 25.7 Å². The molecule has 0 aliphatic carbocycles. The van der Waals surface area contributed by atoms with Crippen molar-refractivity contribution in [3.05, 3.63) is 24.3 Å². The zero-order valence-corrected chi connectivity index (χ0v) is 15.0. The standard InChI is InChI=1S/C14H23NO6S2/c1-20-13-7-9-14(10-8-13)23(18,19)15-11-5-3-4-6-12-21-22(2,16)17/h7-10,15H,3-6,11-12H2,1-2H3. The Morgan fingerprint density at radius 1 is 0.957 bits per heavy atom. The van der Waals surface area contributed by atoms with Gasteiger partial charge in [0.1, 0.15) is 5.75 Å². The molecule has 0 aromatic heterocycles. The van der Waals surface area contributed by atoms with Crippen LogP contribution in [0.5, 0.6) is 5.75 Å². The average molecular weight is 365 g/mol. The van der Waals surface area contributed by atoms with Crippen molar-refractivity contribution in [2.75, 3.05) is 26.5 Å². The van der Waals surface area contributed by atoms with E-state index in [0.29, 0.717) is 25.1 Å². The summed E-state index contributed by atoms with van der Waals surface area (Å²) in [5, 5.41) is 0. The first-order valence-electron chi connectivity index (χ1n) is 7.23. The van der Waals surface area contributed by atoms with Crippen molar-refractivity contribution < 1.29 is 25.8 Å². The van der Waals surface area contributed by atoms with E-state index in [9.17, 15) is 16.8 Å². The van der Waals surface area contributed by atoms with E-state index in [2.05, 4.69) is 8.91 Å². The van der Waals surface area contributed by atoms with E-state index in [1.807, 2.05) is 0 Å². The van der Waals surface area contributed by atoms with Crippen LogP contribution in [0.3, 0.4) is 0 Å². The summed E-state index contributed by atoms with van der Waals surface area (Å²) in [6.07, 6.45) is 3.88. The quantitative estimate of drug-likeness (QED) is 0.471. The second-order valence-corrected chi connectivity index (χ2v) is 8.42. The van der Waals surface area contributed by atoms with Gasteiger partial charge in [0.25, 0.3) is 10.1 Å². The molecule has 0 spiro atoms. The van der Waals surface area contributed by atoms with Crippen LogP contribution >= 0.6 is 0 Å². The number of nitrogens with one attached hydrogen (secondary N) is 1. The maximum absolute atomic E-state index is 12.0. The molecule has 0 fully saturated rings. The third kappa shape index (κ3) is 8.31. The van der Waals surface area contributed by atoms with Crippen molar-refractivity contribution in [3.8, 4) is 5.75 Å². The number of ether oxygens (including phenoxy) is 1. The van der Waals surface area contributed by atoms with Crippen LogP contribution in [0.2, 0.25) is 0 Å². The first-order chi connectivity index (χ1) is 10.7. The van der Waals surface area contributed by atoms with Crippen LogP contribution in [0.15, 0.2) is 29.2 Å². The molecule has 1 N–H and O–H groups in total. The van der Waals surface area contributed by atoms with Gasteiger partial charge in [0.2, 0.25) is 10.0 Å². The highest BCUT2D eigenvalue weighted by Crippen LogP contribution is 2.15. The summed E-state index contributed by atoms with van der Waals surface area (Å²) >= 11 is 0. The van der Waals surface area contributed by atoms with E-state index >= 15 is 0 Å². The molecule has 0 unspecified atom stereocenters. The topological polar surface area (TPSA) is 98.8 Å². The molecule has 0 saturated heterocycles. The van der Waals surface area contributed by atoms with Gasteiger partial charge >= 0.3 is 0 Å². The van der Waals surface area contributed by atoms with Gasteiger partial charge in [0.15, 0.2) is 0 Å². The van der Waals surface area contributed by atoms with Crippen LogP contribution in [0.4, 0.5) is 0 Å². The molecule has 0 bridgehead atoms. The number of hydrogen-bond donors (Lipinski definition) is 1. The van der Waals surface area contributed by atoms with Gasteiger partial charge in [-0.15, -0.1) is 0 Å². The van der Waals surface area contributed by atoms with Gasteiger partial charge in [-0.3, -0.25) is 4.18 Å². The molecule has 1 rings (SSSR count). The minimum Gasteiger partial charge on any atom is -0.497 e. The number of methoxy groups -OCH3 is 1. The molecular weight excluding hydrogens is 342 g/mol. The lowest BCUT2D eigenvalue weighted by molar-refractivity contribution is 0.310. The van der Waals surface area contributed by atoms with Crippen molar-refractivity contribution >= 4 is 20.1 Å². The summed E-state index contributed by atoms with van der Waals surface area (Å²) < 4.78 is 57.7. The molecule has 0 saturated carbocycles. The fourth-order valence-corrected chi connectivity index (χ4v) is 3.33. The monoisotopic (exact) mass is 365 g/mol. The molecule has 0 heterocycles. The molecule has 132 valence electrons. The molecule has 9 heteroatoms. The lowest BCUT2D eigenvalue weighted by Gasteiger charge is -2.07. The van der Waals surface area contributed by atoms with E-state index in [0.717, 1.165) is 19.1 Å². The van der Waals surface area contributed by atoms with Crippen molar-refractivity contribution in [2.24, 2.45) is 0 Å². The summed E-state index contributed by atoms with van der Waals surface area (Å²) in [7, 11) is -5.37. The highest BCUT2D eigenvalue weighted by atomic mass is 32.2. The van der Waals surface area contributed by atoms with Crippen LogP contribution in [-0.4, -0.2) is 43.4 Å². The fraction of sp³-hybridized carbons (Fsp3) is 0.571. The maximum Gasteiger partial charge on any atom is 0.264 e. The van der Waals surface area contributed by atoms with E-state index in [1.165, 1.54) is 19.2 Å². The highest BCUT2D eigenvalue weighted by molar-refractivity contribution is 7.89. The first-order valence-corrected chi connectivity index (χ1v) is 10.5. The molecule has 0 amide bonds. The molecule has 0 aliphatic rings. The molecule has 7 nitrogen and oxygen atoms in total. The normalized spacial score (nSPS) is 12.3. The summed E-state index contributed by atoms with van der Waals surface area (Å²) in [5.74, 6) is 0.597. The van der Waals surface area contributed by atoms with Crippen LogP contribution < -0.4 is 9.46 Å². The summed E-state index contributed by atoms with van der Waals surface area (Å²) in [6.45, 7) is 0.498. The lowest BCUT2D eigenvalue weighted by Crippen LogP contribution is -2.24. The van der Waals surface area contributed by atoms with E-state index in [-0.39, 0.29) is 11.5 Å². The number of sulfonamides is 1. The Bertz CT molecular complexity index is 668. The van der Waals surface area contributed by atoms with Gasteiger partial charge in [0.05, 0.1) is 24.9 Å². The third-order valence-corrected chi connectivity index (χ3v) is 5.10. The Hall–Kier alpha value is -1.16. The van der Waals surface area contributed by atoms with Crippen molar-refractivity contribution in [3.63, 3.8) is 0 Å². The minimum atomic E-state index is -3.51. The zero-order chi connectivity index (χ0) is 17.3. The van der Waals surface area contributed by atoms with Crippen molar-refractivity contribution in [1.82, 2.24) is 4.72 Å².